The number of benzene rings is 2. The van der Waals surface area contributed by atoms with Crippen LogP contribution in [0.3, 0.4) is 0 Å². The second kappa shape index (κ2) is 9.37. The van der Waals surface area contributed by atoms with Crippen molar-refractivity contribution in [1.82, 2.24) is 4.90 Å². The van der Waals surface area contributed by atoms with Gasteiger partial charge in [-0.15, -0.1) is 0 Å². The fourth-order valence-corrected chi connectivity index (χ4v) is 3.41. The van der Waals surface area contributed by atoms with Crippen LogP contribution in [-0.4, -0.2) is 35.8 Å². The van der Waals surface area contributed by atoms with Crippen molar-refractivity contribution < 1.29 is 19.1 Å². The number of ether oxygens (including phenoxy) is 1. The van der Waals surface area contributed by atoms with Crippen LogP contribution in [0.1, 0.15) is 48.7 Å². The van der Waals surface area contributed by atoms with E-state index < -0.39 is 5.92 Å². The monoisotopic (exact) mass is 394 g/mol. The molecule has 1 N–H and O–H groups in total. The average Bonchev–Trinajstić information content (AvgIpc) is 3.14. The zero-order valence-corrected chi connectivity index (χ0v) is 16.8. The predicted octanol–water partition coefficient (Wildman–Crippen LogP) is 3.80. The van der Waals surface area contributed by atoms with Gasteiger partial charge in [0, 0.05) is 18.7 Å². The molecule has 1 aliphatic heterocycles. The Balaban J connectivity index is 1.58. The highest BCUT2D eigenvalue weighted by Crippen LogP contribution is 2.29. The van der Waals surface area contributed by atoms with Crippen LogP contribution in [0.25, 0.3) is 0 Å². The van der Waals surface area contributed by atoms with Gasteiger partial charge < -0.3 is 15.0 Å². The van der Waals surface area contributed by atoms with E-state index in [0.717, 1.165) is 12.0 Å². The van der Waals surface area contributed by atoms with Crippen molar-refractivity contribution in [2.24, 2.45) is 5.92 Å². The van der Waals surface area contributed by atoms with Crippen LogP contribution in [0.4, 0.5) is 5.69 Å². The molecule has 1 fully saturated rings. The van der Waals surface area contributed by atoms with Crippen LogP contribution in [0.5, 0.6) is 0 Å². The van der Waals surface area contributed by atoms with Gasteiger partial charge in [0.2, 0.25) is 11.8 Å². The van der Waals surface area contributed by atoms with Gasteiger partial charge in [0.05, 0.1) is 24.1 Å². The van der Waals surface area contributed by atoms with Gasteiger partial charge in [0.25, 0.3) is 0 Å². The Kier molecular flexibility index (Phi) is 6.65. The van der Waals surface area contributed by atoms with E-state index in [-0.39, 0.29) is 30.2 Å². The van der Waals surface area contributed by atoms with Gasteiger partial charge in [0.1, 0.15) is 0 Å². The maximum Gasteiger partial charge on any atom is 0.338 e. The van der Waals surface area contributed by atoms with Gasteiger partial charge in [-0.25, -0.2) is 4.79 Å². The van der Waals surface area contributed by atoms with E-state index in [4.69, 9.17) is 4.74 Å². The summed E-state index contributed by atoms with van der Waals surface area (Å²) in [6.45, 7) is 4.68. The Morgan fingerprint density at radius 1 is 1.14 bits per heavy atom. The number of carbonyl (C=O) groups is 3. The van der Waals surface area contributed by atoms with Gasteiger partial charge in [0.15, 0.2) is 0 Å². The lowest BCUT2D eigenvalue weighted by Crippen LogP contribution is -2.30. The highest BCUT2D eigenvalue weighted by atomic mass is 16.5. The summed E-state index contributed by atoms with van der Waals surface area (Å²) in [5.74, 6) is -0.988. The number of amides is 2. The normalized spacial score (nSPS) is 17.1. The minimum absolute atomic E-state index is 0.0180. The lowest BCUT2D eigenvalue weighted by molar-refractivity contribution is -0.129. The topological polar surface area (TPSA) is 75.7 Å². The molecule has 0 spiro atoms. The maximum absolute atomic E-state index is 12.6. The smallest absolute Gasteiger partial charge is 0.338 e. The molecule has 0 radical (unpaired) electrons. The summed E-state index contributed by atoms with van der Waals surface area (Å²) in [7, 11) is 0. The number of esters is 1. The molecule has 3 rings (SSSR count). The van der Waals surface area contributed by atoms with Crippen LogP contribution in [0.15, 0.2) is 54.6 Å². The zero-order chi connectivity index (χ0) is 20.8. The Morgan fingerprint density at radius 3 is 2.48 bits per heavy atom. The van der Waals surface area contributed by atoms with Gasteiger partial charge in [-0.05, 0) is 43.2 Å². The number of anilines is 1. The van der Waals surface area contributed by atoms with E-state index >= 15 is 0 Å². The van der Waals surface area contributed by atoms with Crippen molar-refractivity contribution in [1.29, 1.82) is 0 Å². The van der Waals surface area contributed by atoms with Crippen molar-refractivity contribution in [2.45, 2.75) is 32.7 Å². The highest BCUT2D eigenvalue weighted by molar-refractivity contribution is 5.97. The largest absolute Gasteiger partial charge is 0.462 e. The Labute approximate surface area is 170 Å². The van der Waals surface area contributed by atoms with Crippen molar-refractivity contribution in [3.63, 3.8) is 0 Å². The molecule has 0 aliphatic carbocycles. The molecule has 0 unspecified atom stereocenters. The maximum atomic E-state index is 12.6. The van der Waals surface area contributed by atoms with Gasteiger partial charge in [-0.2, -0.15) is 0 Å². The zero-order valence-electron chi connectivity index (χ0n) is 16.8. The number of carbonyl (C=O) groups excluding carboxylic acids is 3. The first-order valence-corrected chi connectivity index (χ1v) is 9.92. The number of nitrogens with zero attached hydrogens (tertiary/aromatic N) is 1. The molecule has 1 heterocycles. The van der Waals surface area contributed by atoms with Crippen molar-refractivity contribution in [2.75, 3.05) is 18.5 Å². The third-order valence-corrected chi connectivity index (χ3v) is 5.10. The van der Waals surface area contributed by atoms with E-state index in [2.05, 4.69) is 5.32 Å². The highest BCUT2D eigenvalue weighted by Gasteiger charge is 2.37. The third-order valence-electron chi connectivity index (χ3n) is 5.10. The quantitative estimate of drug-likeness (QED) is 0.725. The SMILES string of the molecule is CCCOC(=O)c1ccc(NC(=O)[C@H]2CC(=O)N([C@@H](C)c3ccccc3)C2)cc1. The molecule has 0 saturated carbocycles. The van der Waals surface area contributed by atoms with Crippen LogP contribution in [-0.2, 0) is 14.3 Å². The Morgan fingerprint density at radius 2 is 1.83 bits per heavy atom. The molecule has 6 heteroatoms. The van der Waals surface area contributed by atoms with Gasteiger partial charge in [-0.3, -0.25) is 9.59 Å². The first-order chi connectivity index (χ1) is 14.0. The second-order valence-electron chi connectivity index (χ2n) is 7.24. The lowest BCUT2D eigenvalue weighted by Gasteiger charge is -2.25. The van der Waals surface area contributed by atoms with Gasteiger partial charge >= 0.3 is 5.97 Å². The fourth-order valence-electron chi connectivity index (χ4n) is 3.41. The van der Waals surface area contributed by atoms with E-state index in [1.807, 2.05) is 44.2 Å². The Bertz CT molecular complexity index is 864. The van der Waals surface area contributed by atoms with E-state index in [0.29, 0.717) is 24.4 Å². The standard InChI is InChI=1S/C23H26N2O4/c1-3-13-29-23(28)18-9-11-20(12-10-18)24-22(27)19-14-21(26)25(15-19)16(2)17-7-5-4-6-8-17/h4-12,16,19H,3,13-15H2,1-2H3,(H,24,27)/t16-,19-/m0/s1. The number of hydrogen-bond donors (Lipinski definition) is 1. The van der Waals surface area contributed by atoms with Crippen LogP contribution in [0.2, 0.25) is 0 Å². The summed E-state index contributed by atoms with van der Waals surface area (Å²) in [5.41, 5.74) is 2.08. The average molecular weight is 394 g/mol. The van der Waals surface area contributed by atoms with Crippen molar-refractivity contribution in [3.8, 4) is 0 Å². The molecule has 1 saturated heterocycles. The summed E-state index contributed by atoms with van der Waals surface area (Å²) in [4.78, 5) is 38.7. The molecule has 0 bridgehead atoms. The van der Waals surface area contributed by atoms with Crippen molar-refractivity contribution in [3.05, 3.63) is 65.7 Å². The lowest BCUT2D eigenvalue weighted by atomic mass is 10.1. The Hall–Kier alpha value is -3.15. The molecule has 6 nitrogen and oxygen atoms in total. The van der Waals surface area contributed by atoms with Gasteiger partial charge in [-0.1, -0.05) is 37.3 Å². The van der Waals surface area contributed by atoms with E-state index in [9.17, 15) is 14.4 Å². The van der Waals surface area contributed by atoms with Crippen LogP contribution in [0, 0.1) is 5.92 Å². The molecule has 2 amide bonds. The number of hydrogen-bond acceptors (Lipinski definition) is 4. The third kappa shape index (κ3) is 5.02. The fraction of sp³-hybridized carbons (Fsp3) is 0.348. The summed E-state index contributed by atoms with van der Waals surface area (Å²) < 4.78 is 5.09. The molecule has 2 aromatic rings. The number of nitrogens with one attached hydrogen (secondary N) is 1. The molecule has 0 aromatic heterocycles. The van der Waals surface area contributed by atoms with E-state index in [1.54, 1.807) is 29.2 Å². The molecule has 2 atom stereocenters. The molecule has 2 aromatic carbocycles. The van der Waals surface area contributed by atoms with E-state index in [1.165, 1.54) is 0 Å². The molecule has 1 aliphatic rings. The first kappa shape index (κ1) is 20.6. The number of rotatable bonds is 7. The summed E-state index contributed by atoms with van der Waals surface area (Å²) >= 11 is 0. The minimum Gasteiger partial charge on any atom is -0.462 e. The van der Waals surface area contributed by atoms with Crippen molar-refractivity contribution >= 4 is 23.5 Å². The molecular weight excluding hydrogens is 368 g/mol. The summed E-state index contributed by atoms with van der Waals surface area (Å²) in [6.07, 6.45) is 0.963. The van der Waals surface area contributed by atoms with Crippen LogP contribution < -0.4 is 5.32 Å². The van der Waals surface area contributed by atoms with Crippen LogP contribution >= 0.6 is 0 Å². The molecule has 152 valence electrons. The second-order valence-corrected chi connectivity index (χ2v) is 7.24. The molecule has 29 heavy (non-hydrogen) atoms. The predicted molar refractivity (Wildman–Crippen MR) is 110 cm³/mol. The molecular formula is C23H26N2O4. The number of likely N-dealkylation sites (tertiary alicyclic amines) is 1. The minimum atomic E-state index is -0.400. The summed E-state index contributed by atoms with van der Waals surface area (Å²) in [5, 5.41) is 2.84. The first-order valence-electron chi connectivity index (χ1n) is 9.92. The summed E-state index contributed by atoms with van der Waals surface area (Å²) in [6, 6.07) is 16.3.